The van der Waals surface area contributed by atoms with Crippen LogP contribution in [-0.4, -0.2) is 29.8 Å². The van der Waals surface area contributed by atoms with Gasteiger partial charge in [-0.25, -0.2) is 0 Å². The molecule has 0 saturated carbocycles. The molecule has 0 bridgehead atoms. The number of hydrogen-bond acceptors (Lipinski definition) is 2. The molecule has 2 aromatic carbocycles. The van der Waals surface area contributed by atoms with E-state index in [-0.39, 0.29) is 11.8 Å². The molecule has 0 aliphatic carbocycles. The SMILES string of the molecule is O=C(Nc1ccccc1C(=O)N1CCCCC1)c1ccccc1Cl. The standard InChI is InChI=1S/C19H19ClN2O2/c20-16-10-4-2-8-14(16)18(23)21-17-11-5-3-9-15(17)19(24)22-12-6-1-7-13-22/h2-5,8-11H,1,6-7,12-13H2,(H,21,23). The summed E-state index contributed by atoms with van der Waals surface area (Å²) in [6.07, 6.45) is 3.22. The molecule has 0 spiro atoms. The molecule has 0 atom stereocenters. The van der Waals surface area contributed by atoms with Gasteiger partial charge in [0, 0.05) is 13.1 Å². The van der Waals surface area contributed by atoms with Crippen LogP contribution in [-0.2, 0) is 0 Å². The molecule has 124 valence electrons. The number of hydrogen-bond donors (Lipinski definition) is 1. The van der Waals surface area contributed by atoms with Gasteiger partial charge in [-0.1, -0.05) is 35.9 Å². The Hall–Kier alpha value is -2.33. The fourth-order valence-electron chi connectivity index (χ4n) is 2.88. The minimum atomic E-state index is -0.320. The number of anilines is 1. The molecule has 1 aliphatic rings. The molecule has 0 radical (unpaired) electrons. The third-order valence-corrected chi connectivity index (χ3v) is 4.50. The molecule has 1 heterocycles. The number of nitrogens with zero attached hydrogens (tertiary/aromatic N) is 1. The topological polar surface area (TPSA) is 49.4 Å². The van der Waals surface area contributed by atoms with Gasteiger partial charge in [-0.15, -0.1) is 0 Å². The molecular weight excluding hydrogens is 324 g/mol. The van der Waals surface area contributed by atoms with E-state index < -0.39 is 0 Å². The minimum Gasteiger partial charge on any atom is -0.339 e. The number of piperidine rings is 1. The molecule has 24 heavy (non-hydrogen) atoms. The van der Waals surface area contributed by atoms with Gasteiger partial charge in [-0.05, 0) is 43.5 Å². The Bertz CT molecular complexity index is 755. The van der Waals surface area contributed by atoms with Gasteiger partial charge in [0.05, 0.1) is 21.8 Å². The number of halogens is 1. The highest BCUT2D eigenvalue weighted by Crippen LogP contribution is 2.22. The lowest BCUT2D eigenvalue weighted by Gasteiger charge is -2.27. The van der Waals surface area contributed by atoms with Crippen LogP contribution in [0.1, 0.15) is 40.0 Å². The Morgan fingerprint density at radius 3 is 2.21 bits per heavy atom. The summed E-state index contributed by atoms with van der Waals surface area (Å²) < 4.78 is 0. The summed E-state index contributed by atoms with van der Waals surface area (Å²) >= 11 is 6.07. The second-order valence-electron chi connectivity index (χ2n) is 5.83. The molecule has 1 saturated heterocycles. The van der Waals surface area contributed by atoms with Crippen LogP contribution in [0.3, 0.4) is 0 Å². The van der Waals surface area contributed by atoms with Crippen LogP contribution in [0.4, 0.5) is 5.69 Å². The van der Waals surface area contributed by atoms with Gasteiger partial charge in [0.1, 0.15) is 0 Å². The molecule has 0 unspecified atom stereocenters. The van der Waals surface area contributed by atoms with Crippen LogP contribution in [0, 0.1) is 0 Å². The largest absolute Gasteiger partial charge is 0.339 e. The lowest BCUT2D eigenvalue weighted by Crippen LogP contribution is -2.36. The van der Waals surface area contributed by atoms with Gasteiger partial charge in [0.25, 0.3) is 11.8 Å². The Morgan fingerprint density at radius 2 is 1.50 bits per heavy atom. The number of likely N-dealkylation sites (tertiary alicyclic amines) is 1. The van der Waals surface area contributed by atoms with E-state index in [0.717, 1.165) is 32.4 Å². The normalized spacial score (nSPS) is 14.3. The number of para-hydroxylation sites is 1. The molecule has 5 heteroatoms. The Morgan fingerprint density at radius 1 is 0.875 bits per heavy atom. The summed E-state index contributed by atoms with van der Waals surface area (Å²) in [7, 11) is 0. The molecule has 1 N–H and O–H groups in total. The molecule has 0 aromatic heterocycles. The van der Waals surface area contributed by atoms with Crippen molar-refractivity contribution in [2.75, 3.05) is 18.4 Å². The molecule has 2 aromatic rings. The van der Waals surface area contributed by atoms with E-state index >= 15 is 0 Å². The van der Waals surface area contributed by atoms with Gasteiger partial charge >= 0.3 is 0 Å². The lowest BCUT2D eigenvalue weighted by atomic mass is 10.1. The van der Waals surface area contributed by atoms with E-state index in [2.05, 4.69) is 5.32 Å². The number of amides is 2. The average Bonchev–Trinajstić information content (AvgIpc) is 2.62. The highest BCUT2D eigenvalue weighted by molar-refractivity contribution is 6.34. The first-order valence-corrected chi connectivity index (χ1v) is 8.49. The van der Waals surface area contributed by atoms with Crippen LogP contribution in [0.2, 0.25) is 5.02 Å². The number of rotatable bonds is 3. The van der Waals surface area contributed by atoms with Crippen LogP contribution < -0.4 is 5.32 Å². The van der Waals surface area contributed by atoms with Crippen molar-refractivity contribution in [3.8, 4) is 0 Å². The number of carbonyl (C=O) groups is 2. The highest BCUT2D eigenvalue weighted by atomic mass is 35.5. The van der Waals surface area contributed by atoms with Gasteiger partial charge < -0.3 is 10.2 Å². The zero-order chi connectivity index (χ0) is 16.9. The molecule has 4 nitrogen and oxygen atoms in total. The van der Waals surface area contributed by atoms with Gasteiger partial charge in [-0.2, -0.15) is 0 Å². The Labute approximate surface area is 146 Å². The van der Waals surface area contributed by atoms with E-state index in [1.54, 1.807) is 42.5 Å². The number of nitrogens with one attached hydrogen (secondary N) is 1. The maximum atomic E-state index is 12.8. The van der Waals surface area contributed by atoms with E-state index in [0.29, 0.717) is 21.8 Å². The zero-order valence-corrected chi connectivity index (χ0v) is 14.1. The maximum Gasteiger partial charge on any atom is 0.257 e. The summed E-state index contributed by atoms with van der Waals surface area (Å²) in [6.45, 7) is 1.54. The number of benzene rings is 2. The summed E-state index contributed by atoms with van der Waals surface area (Å²) in [5.74, 6) is -0.357. The lowest BCUT2D eigenvalue weighted by molar-refractivity contribution is 0.0725. The Balaban J connectivity index is 1.83. The van der Waals surface area contributed by atoms with Crippen molar-refractivity contribution in [1.29, 1.82) is 0 Å². The van der Waals surface area contributed by atoms with Crippen LogP contribution in [0.5, 0.6) is 0 Å². The van der Waals surface area contributed by atoms with Crippen LogP contribution >= 0.6 is 11.6 Å². The van der Waals surface area contributed by atoms with E-state index in [1.807, 2.05) is 11.0 Å². The van der Waals surface area contributed by atoms with Crippen molar-refractivity contribution >= 4 is 29.1 Å². The van der Waals surface area contributed by atoms with Crippen molar-refractivity contribution in [1.82, 2.24) is 4.90 Å². The van der Waals surface area contributed by atoms with Crippen molar-refractivity contribution in [2.45, 2.75) is 19.3 Å². The molecule has 3 rings (SSSR count). The first kappa shape index (κ1) is 16.5. The fourth-order valence-corrected chi connectivity index (χ4v) is 3.10. The quantitative estimate of drug-likeness (QED) is 0.908. The Kier molecular flexibility index (Phi) is 5.16. The average molecular weight is 343 g/mol. The number of carbonyl (C=O) groups excluding carboxylic acids is 2. The van der Waals surface area contributed by atoms with Gasteiger partial charge in [0.15, 0.2) is 0 Å². The third-order valence-electron chi connectivity index (χ3n) is 4.17. The maximum absolute atomic E-state index is 12.8. The van der Waals surface area contributed by atoms with Gasteiger partial charge in [-0.3, -0.25) is 9.59 Å². The zero-order valence-electron chi connectivity index (χ0n) is 13.3. The summed E-state index contributed by atoms with van der Waals surface area (Å²) in [6, 6.07) is 14.0. The summed E-state index contributed by atoms with van der Waals surface area (Å²) in [5, 5.41) is 3.20. The van der Waals surface area contributed by atoms with Crippen molar-refractivity contribution in [3.63, 3.8) is 0 Å². The molecule has 1 aliphatic heterocycles. The first-order valence-electron chi connectivity index (χ1n) is 8.11. The van der Waals surface area contributed by atoms with Crippen LogP contribution in [0.25, 0.3) is 0 Å². The molecular formula is C19H19ClN2O2. The smallest absolute Gasteiger partial charge is 0.257 e. The highest BCUT2D eigenvalue weighted by Gasteiger charge is 2.21. The second-order valence-corrected chi connectivity index (χ2v) is 6.24. The van der Waals surface area contributed by atoms with E-state index in [1.165, 1.54) is 0 Å². The van der Waals surface area contributed by atoms with Crippen LogP contribution in [0.15, 0.2) is 48.5 Å². The second kappa shape index (κ2) is 7.49. The van der Waals surface area contributed by atoms with E-state index in [9.17, 15) is 9.59 Å². The molecule has 2 amide bonds. The third kappa shape index (κ3) is 3.60. The first-order chi connectivity index (χ1) is 11.7. The fraction of sp³-hybridized carbons (Fsp3) is 0.263. The van der Waals surface area contributed by atoms with Crippen molar-refractivity contribution < 1.29 is 9.59 Å². The summed E-state index contributed by atoms with van der Waals surface area (Å²) in [4.78, 5) is 27.1. The van der Waals surface area contributed by atoms with Gasteiger partial charge in [0.2, 0.25) is 0 Å². The minimum absolute atomic E-state index is 0.0373. The van der Waals surface area contributed by atoms with E-state index in [4.69, 9.17) is 11.6 Å². The predicted molar refractivity (Wildman–Crippen MR) is 95.6 cm³/mol. The van der Waals surface area contributed by atoms with Crippen molar-refractivity contribution in [2.24, 2.45) is 0 Å². The predicted octanol–water partition coefficient (Wildman–Crippen LogP) is 4.22. The van der Waals surface area contributed by atoms with Crippen molar-refractivity contribution in [3.05, 3.63) is 64.7 Å². The molecule has 1 fully saturated rings. The summed E-state index contributed by atoms with van der Waals surface area (Å²) in [5.41, 5.74) is 1.41. The monoisotopic (exact) mass is 342 g/mol.